The fourth-order valence-electron chi connectivity index (χ4n) is 2.10. The normalized spacial score (nSPS) is 12.1. The topological polar surface area (TPSA) is 21.3 Å². The van der Waals surface area contributed by atoms with E-state index in [2.05, 4.69) is 21.2 Å². The van der Waals surface area contributed by atoms with Gasteiger partial charge >= 0.3 is 0 Å². The second kappa shape index (κ2) is 6.43. The summed E-state index contributed by atoms with van der Waals surface area (Å²) < 4.78 is 32.8. The number of rotatable bonds is 4. The molecule has 0 radical (unpaired) electrons. The van der Waals surface area contributed by atoms with Gasteiger partial charge in [-0.05, 0) is 53.5 Å². The van der Waals surface area contributed by atoms with E-state index in [1.54, 1.807) is 25.1 Å². The maximum absolute atomic E-state index is 14.0. The first-order chi connectivity index (χ1) is 9.92. The van der Waals surface area contributed by atoms with Gasteiger partial charge in [-0.25, -0.2) is 8.78 Å². The number of ether oxygens (including phenoxy) is 1. The van der Waals surface area contributed by atoms with Gasteiger partial charge in [-0.1, -0.05) is 6.07 Å². The molecule has 2 aromatic carbocycles. The fraction of sp³-hybridized carbons (Fsp3) is 0.250. The first kappa shape index (κ1) is 15.8. The molecule has 0 fully saturated rings. The number of nitrogens with one attached hydrogen (secondary N) is 1. The van der Waals surface area contributed by atoms with Crippen LogP contribution in [-0.2, 0) is 0 Å². The van der Waals surface area contributed by atoms with Gasteiger partial charge in [-0.2, -0.15) is 0 Å². The monoisotopic (exact) mass is 355 g/mol. The zero-order valence-corrected chi connectivity index (χ0v) is 13.6. The first-order valence-corrected chi connectivity index (χ1v) is 7.27. The molecule has 5 heteroatoms. The number of halogens is 3. The Bertz CT molecular complexity index is 661. The van der Waals surface area contributed by atoms with Crippen molar-refractivity contribution in [3.05, 3.63) is 57.6 Å². The largest absolute Gasteiger partial charge is 0.497 e. The van der Waals surface area contributed by atoms with Gasteiger partial charge < -0.3 is 10.1 Å². The Hall–Kier alpha value is -1.62. The number of benzene rings is 2. The predicted molar refractivity (Wildman–Crippen MR) is 83.8 cm³/mol. The highest BCUT2D eigenvalue weighted by Crippen LogP contribution is 2.29. The van der Waals surface area contributed by atoms with E-state index in [0.717, 1.165) is 11.3 Å². The summed E-state index contributed by atoms with van der Waals surface area (Å²) in [6, 6.07) is 7.57. The van der Waals surface area contributed by atoms with E-state index in [1.165, 1.54) is 19.2 Å². The van der Waals surface area contributed by atoms with Crippen LogP contribution in [0, 0.1) is 18.6 Å². The van der Waals surface area contributed by atoms with E-state index in [-0.39, 0.29) is 17.7 Å². The summed E-state index contributed by atoms with van der Waals surface area (Å²) in [5.74, 6) is -0.182. The zero-order chi connectivity index (χ0) is 15.6. The second-order valence-electron chi connectivity index (χ2n) is 4.83. The Balaban J connectivity index is 2.26. The summed E-state index contributed by atoms with van der Waals surface area (Å²) >= 11 is 3.15. The molecule has 0 aliphatic carbocycles. The predicted octanol–water partition coefficient (Wildman–Crippen LogP) is 5.22. The molecule has 0 saturated heterocycles. The van der Waals surface area contributed by atoms with Crippen molar-refractivity contribution in [3.63, 3.8) is 0 Å². The Kier molecular flexibility index (Phi) is 4.83. The lowest BCUT2D eigenvalue weighted by Gasteiger charge is -2.19. The van der Waals surface area contributed by atoms with Crippen molar-refractivity contribution in [2.75, 3.05) is 12.4 Å². The lowest BCUT2D eigenvalue weighted by molar-refractivity contribution is 0.410. The molecule has 112 valence electrons. The van der Waals surface area contributed by atoms with Gasteiger partial charge in [0.2, 0.25) is 0 Å². The summed E-state index contributed by atoms with van der Waals surface area (Å²) in [4.78, 5) is 0. The molecule has 1 atom stereocenters. The smallest absolute Gasteiger partial charge is 0.137 e. The van der Waals surface area contributed by atoms with Crippen LogP contribution in [-0.4, -0.2) is 7.11 Å². The van der Waals surface area contributed by atoms with Crippen molar-refractivity contribution in [1.29, 1.82) is 0 Å². The van der Waals surface area contributed by atoms with Gasteiger partial charge in [0.15, 0.2) is 0 Å². The summed E-state index contributed by atoms with van der Waals surface area (Å²) in [7, 11) is 1.50. The van der Waals surface area contributed by atoms with E-state index in [9.17, 15) is 8.78 Å². The highest BCUT2D eigenvalue weighted by atomic mass is 79.9. The molecular weight excluding hydrogens is 340 g/mol. The molecule has 1 unspecified atom stereocenters. The summed E-state index contributed by atoms with van der Waals surface area (Å²) in [6.07, 6.45) is 0. The molecule has 1 N–H and O–H groups in total. The minimum absolute atomic E-state index is 0.257. The van der Waals surface area contributed by atoms with E-state index < -0.39 is 0 Å². The van der Waals surface area contributed by atoms with Crippen LogP contribution in [0.3, 0.4) is 0 Å². The summed E-state index contributed by atoms with van der Waals surface area (Å²) in [5.41, 5.74) is 2.04. The van der Waals surface area contributed by atoms with E-state index in [4.69, 9.17) is 4.74 Å². The molecule has 0 spiro atoms. The number of aryl methyl sites for hydroxylation is 1. The van der Waals surface area contributed by atoms with Crippen molar-refractivity contribution in [2.45, 2.75) is 19.9 Å². The van der Waals surface area contributed by atoms with Gasteiger partial charge in [-0.15, -0.1) is 0 Å². The quantitative estimate of drug-likeness (QED) is 0.811. The lowest BCUT2D eigenvalue weighted by atomic mass is 10.1. The minimum Gasteiger partial charge on any atom is -0.497 e. The number of hydrogen-bond acceptors (Lipinski definition) is 2. The van der Waals surface area contributed by atoms with Crippen molar-refractivity contribution in [3.8, 4) is 5.75 Å². The second-order valence-corrected chi connectivity index (χ2v) is 5.69. The van der Waals surface area contributed by atoms with Crippen LogP contribution in [0.25, 0.3) is 0 Å². The molecule has 2 aromatic rings. The highest BCUT2D eigenvalue weighted by Gasteiger charge is 2.14. The maximum atomic E-state index is 14.0. The third kappa shape index (κ3) is 3.53. The lowest BCUT2D eigenvalue weighted by Crippen LogP contribution is -2.10. The third-order valence-corrected chi connectivity index (χ3v) is 3.92. The van der Waals surface area contributed by atoms with Crippen molar-refractivity contribution in [1.82, 2.24) is 0 Å². The van der Waals surface area contributed by atoms with Gasteiger partial charge in [-0.3, -0.25) is 0 Å². The van der Waals surface area contributed by atoms with Crippen LogP contribution >= 0.6 is 15.9 Å². The molecule has 0 bridgehead atoms. The Morgan fingerprint density at radius 3 is 2.48 bits per heavy atom. The highest BCUT2D eigenvalue weighted by molar-refractivity contribution is 9.10. The Morgan fingerprint density at radius 2 is 1.86 bits per heavy atom. The van der Waals surface area contributed by atoms with Crippen molar-refractivity contribution < 1.29 is 13.5 Å². The van der Waals surface area contributed by atoms with Crippen LogP contribution in [0.15, 0.2) is 34.8 Å². The first-order valence-electron chi connectivity index (χ1n) is 6.48. The van der Waals surface area contributed by atoms with E-state index >= 15 is 0 Å². The van der Waals surface area contributed by atoms with Crippen LogP contribution in [0.1, 0.15) is 24.1 Å². The van der Waals surface area contributed by atoms with Gasteiger partial charge in [0.05, 0.1) is 17.6 Å². The Morgan fingerprint density at radius 1 is 1.14 bits per heavy atom. The molecule has 0 aliphatic rings. The van der Waals surface area contributed by atoms with Crippen molar-refractivity contribution in [2.24, 2.45) is 0 Å². The summed E-state index contributed by atoms with van der Waals surface area (Å²) in [5, 5.41) is 3.20. The molecule has 0 aromatic heterocycles. The molecular formula is C16H16BrF2NO. The molecule has 0 aliphatic heterocycles. The van der Waals surface area contributed by atoms with Crippen LogP contribution < -0.4 is 10.1 Å². The Labute approximate surface area is 131 Å². The van der Waals surface area contributed by atoms with Crippen LogP contribution in [0.4, 0.5) is 14.5 Å². The van der Waals surface area contributed by atoms with Gasteiger partial charge in [0.1, 0.15) is 17.4 Å². The third-order valence-electron chi connectivity index (χ3n) is 3.31. The molecule has 0 heterocycles. The molecule has 21 heavy (non-hydrogen) atoms. The molecule has 0 saturated carbocycles. The van der Waals surface area contributed by atoms with E-state index in [1.807, 2.05) is 6.92 Å². The molecule has 2 nitrogen and oxygen atoms in total. The molecule has 2 rings (SSSR count). The van der Waals surface area contributed by atoms with E-state index in [0.29, 0.717) is 15.8 Å². The average Bonchev–Trinajstić information content (AvgIpc) is 2.44. The summed E-state index contributed by atoms with van der Waals surface area (Å²) in [6.45, 7) is 3.65. The van der Waals surface area contributed by atoms with Crippen LogP contribution in [0.5, 0.6) is 5.75 Å². The van der Waals surface area contributed by atoms with Crippen molar-refractivity contribution >= 4 is 21.6 Å². The van der Waals surface area contributed by atoms with Gasteiger partial charge in [0.25, 0.3) is 0 Å². The SMILES string of the molecule is COc1ccc(C(C)Nc2cc(Br)c(F)cc2C)c(F)c1. The molecule has 0 amide bonds. The number of hydrogen-bond donors (Lipinski definition) is 1. The number of methoxy groups -OCH3 is 1. The minimum atomic E-state index is -0.340. The zero-order valence-electron chi connectivity index (χ0n) is 12.0. The fourth-order valence-corrected chi connectivity index (χ4v) is 2.44. The van der Waals surface area contributed by atoms with Crippen LogP contribution in [0.2, 0.25) is 0 Å². The maximum Gasteiger partial charge on any atom is 0.137 e. The van der Waals surface area contributed by atoms with Gasteiger partial charge in [0, 0.05) is 17.3 Å². The standard InChI is InChI=1S/C16H16BrF2NO/c1-9-6-15(19)13(17)8-16(9)20-10(2)12-5-4-11(21-3)7-14(12)18/h4-8,10,20H,1-3H3. The number of anilines is 1. The average molecular weight is 356 g/mol.